The molecule has 2 nitrogen and oxygen atoms in total. The van der Waals surface area contributed by atoms with Crippen LogP contribution in [0.1, 0.15) is 17.0 Å². The first-order chi connectivity index (χ1) is 10.2. The molecular weight excluding hydrogens is 348 g/mol. The number of aromatic nitrogens is 2. The summed E-state index contributed by atoms with van der Waals surface area (Å²) in [7, 11) is 0. The summed E-state index contributed by atoms with van der Waals surface area (Å²) in [5.41, 5.74) is 2.35. The van der Waals surface area contributed by atoms with E-state index in [0.29, 0.717) is 0 Å². The molecule has 0 radical (unpaired) electrons. The highest BCUT2D eigenvalue weighted by Gasteiger charge is 2.07. The zero-order valence-electron chi connectivity index (χ0n) is 11.3. The molecule has 4 heteroatoms. The number of nitrogens with zero attached hydrogens (tertiary/aromatic N) is 2. The second kappa shape index (κ2) is 6.46. The second-order valence-electron chi connectivity index (χ2n) is 4.87. The molecule has 0 bridgehead atoms. The maximum absolute atomic E-state index is 6.23. The Hall–Kier alpha value is -1.58. The van der Waals surface area contributed by atoms with Crippen LogP contribution < -0.4 is 0 Å². The van der Waals surface area contributed by atoms with Crippen molar-refractivity contribution in [1.82, 2.24) is 9.55 Å². The molecule has 1 aromatic heterocycles. The molecule has 0 aliphatic heterocycles. The van der Waals surface area contributed by atoms with Crippen LogP contribution in [0.2, 0.25) is 5.02 Å². The quantitative estimate of drug-likeness (QED) is 0.643. The third-order valence-corrected chi connectivity index (χ3v) is 4.27. The van der Waals surface area contributed by atoms with Crippen LogP contribution in [0.25, 0.3) is 0 Å². The summed E-state index contributed by atoms with van der Waals surface area (Å²) in [5.74, 6) is 1.02. The van der Waals surface area contributed by atoms with Crippen LogP contribution >= 0.6 is 27.5 Å². The van der Waals surface area contributed by atoms with E-state index in [4.69, 9.17) is 11.6 Å². The first-order valence-corrected chi connectivity index (χ1v) is 7.87. The topological polar surface area (TPSA) is 17.8 Å². The highest BCUT2D eigenvalue weighted by Crippen LogP contribution is 2.19. The van der Waals surface area contributed by atoms with Crippen molar-refractivity contribution in [1.29, 1.82) is 0 Å². The highest BCUT2D eigenvalue weighted by atomic mass is 79.9. The number of hydrogen-bond donors (Lipinski definition) is 0. The highest BCUT2D eigenvalue weighted by molar-refractivity contribution is 9.10. The van der Waals surface area contributed by atoms with Gasteiger partial charge in [0, 0.05) is 34.9 Å². The van der Waals surface area contributed by atoms with Gasteiger partial charge in [-0.15, -0.1) is 0 Å². The van der Waals surface area contributed by atoms with Crippen molar-refractivity contribution in [2.45, 2.75) is 13.0 Å². The number of halogens is 2. The van der Waals surface area contributed by atoms with Gasteiger partial charge in [0.15, 0.2) is 0 Å². The molecule has 0 saturated carbocycles. The normalized spacial score (nSPS) is 10.8. The maximum atomic E-state index is 6.23. The van der Waals surface area contributed by atoms with Gasteiger partial charge in [-0.05, 0) is 29.3 Å². The zero-order valence-corrected chi connectivity index (χ0v) is 13.7. The lowest BCUT2D eigenvalue weighted by molar-refractivity contribution is 0.740. The zero-order chi connectivity index (χ0) is 14.7. The Morgan fingerprint density at radius 3 is 2.57 bits per heavy atom. The van der Waals surface area contributed by atoms with Gasteiger partial charge in [0.1, 0.15) is 5.82 Å². The molecule has 21 heavy (non-hydrogen) atoms. The van der Waals surface area contributed by atoms with E-state index in [0.717, 1.165) is 33.8 Å². The summed E-state index contributed by atoms with van der Waals surface area (Å²) in [6.45, 7) is 0.813. The number of rotatable bonds is 4. The van der Waals surface area contributed by atoms with Gasteiger partial charge in [0.25, 0.3) is 0 Å². The summed E-state index contributed by atoms with van der Waals surface area (Å²) in [5, 5.41) is 0.788. The molecule has 0 spiro atoms. The van der Waals surface area contributed by atoms with Gasteiger partial charge in [0.05, 0.1) is 0 Å². The van der Waals surface area contributed by atoms with Crippen LogP contribution in [0, 0.1) is 0 Å². The lowest BCUT2D eigenvalue weighted by Gasteiger charge is -2.09. The van der Waals surface area contributed by atoms with E-state index in [-0.39, 0.29) is 0 Å². The van der Waals surface area contributed by atoms with E-state index in [2.05, 4.69) is 49.7 Å². The number of benzene rings is 2. The van der Waals surface area contributed by atoms with Crippen molar-refractivity contribution in [2.75, 3.05) is 0 Å². The van der Waals surface area contributed by atoms with E-state index in [9.17, 15) is 0 Å². The van der Waals surface area contributed by atoms with Gasteiger partial charge in [-0.3, -0.25) is 0 Å². The van der Waals surface area contributed by atoms with Crippen LogP contribution in [0.4, 0.5) is 0 Å². The van der Waals surface area contributed by atoms with Crippen molar-refractivity contribution >= 4 is 27.5 Å². The Labute approximate surface area is 137 Å². The third kappa shape index (κ3) is 3.55. The van der Waals surface area contributed by atoms with Crippen LogP contribution in [0.15, 0.2) is 65.4 Å². The van der Waals surface area contributed by atoms with Crippen LogP contribution in [-0.4, -0.2) is 9.55 Å². The molecular formula is C17H14BrClN2. The van der Waals surface area contributed by atoms with Gasteiger partial charge in [-0.2, -0.15) is 0 Å². The Morgan fingerprint density at radius 1 is 1.05 bits per heavy atom. The molecule has 3 aromatic rings. The van der Waals surface area contributed by atoms with Crippen molar-refractivity contribution in [3.05, 3.63) is 87.4 Å². The number of hydrogen-bond acceptors (Lipinski definition) is 1. The predicted octanol–water partition coefficient (Wildman–Crippen LogP) is 4.94. The second-order valence-corrected chi connectivity index (χ2v) is 6.19. The monoisotopic (exact) mass is 360 g/mol. The molecule has 106 valence electrons. The minimum atomic E-state index is 0.739. The van der Waals surface area contributed by atoms with Crippen LogP contribution in [-0.2, 0) is 13.0 Å². The van der Waals surface area contributed by atoms with Gasteiger partial charge in [-0.1, -0.05) is 57.9 Å². The van der Waals surface area contributed by atoms with Gasteiger partial charge >= 0.3 is 0 Å². The molecule has 0 saturated heterocycles. The summed E-state index contributed by atoms with van der Waals surface area (Å²) >= 11 is 9.69. The molecule has 2 aromatic carbocycles. The molecule has 0 atom stereocenters. The fourth-order valence-electron chi connectivity index (χ4n) is 2.25. The third-order valence-electron chi connectivity index (χ3n) is 3.37. The smallest absolute Gasteiger partial charge is 0.113 e. The van der Waals surface area contributed by atoms with Crippen molar-refractivity contribution in [3.8, 4) is 0 Å². The maximum Gasteiger partial charge on any atom is 0.113 e. The van der Waals surface area contributed by atoms with E-state index in [1.54, 1.807) is 0 Å². The summed E-state index contributed by atoms with van der Waals surface area (Å²) in [6.07, 6.45) is 4.59. The van der Waals surface area contributed by atoms with Crippen molar-refractivity contribution < 1.29 is 0 Å². The van der Waals surface area contributed by atoms with Crippen LogP contribution in [0.5, 0.6) is 0 Å². The Kier molecular flexibility index (Phi) is 4.42. The summed E-state index contributed by atoms with van der Waals surface area (Å²) in [4.78, 5) is 4.46. The fourth-order valence-corrected chi connectivity index (χ4v) is 2.72. The average molecular weight is 362 g/mol. The molecule has 0 aliphatic carbocycles. The molecule has 0 unspecified atom stereocenters. The standard InChI is InChI=1S/C17H14BrClN2/c18-15-7-5-13(6-8-15)12-21-10-9-20-17(21)11-14-3-1-2-4-16(14)19/h1-10H,11-12H2. The first kappa shape index (κ1) is 14.4. The molecule has 0 aliphatic rings. The Bertz CT molecular complexity index is 735. The van der Waals surface area contributed by atoms with Gasteiger partial charge in [-0.25, -0.2) is 4.98 Å². The van der Waals surface area contributed by atoms with Gasteiger partial charge < -0.3 is 4.57 Å². The fraction of sp³-hybridized carbons (Fsp3) is 0.118. The van der Waals surface area contributed by atoms with E-state index >= 15 is 0 Å². The minimum absolute atomic E-state index is 0.739. The molecule has 3 rings (SSSR count). The van der Waals surface area contributed by atoms with Crippen molar-refractivity contribution in [3.63, 3.8) is 0 Å². The average Bonchev–Trinajstić information content (AvgIpc) is 2.91. The largest absolute Gasteiger partial charge is 0.330 e. The van der Waals surface area contributed by atoms with Crippen molar-refractivity contribution in [2.24, 2.45) is 0 Å². The van der Waals surface area contributed by atoms with Gasteiger partial charge in [0.2, 0.25) is 0 Å². The van der Waals surface area contributed by atoms with E-state index < -0.39 is 0 Å². The Balaban J connectivity index is 1.81. The lowest BCUT2D eigenvalue weighted by Crippen LogP contribution is -2.05. The summed E-state index contributed by atoms with van der Waals surface area (Å²) < 4.78 is 3.25. The SMILES string of the molecule is Clc1ccccc1Cc1nccn1Cc1ccc(Br)cc1. The van der Waals surface area contributed by atoms with E-state index in [1.165, 1.54) is 5.56 Å². The Morgan fingerprint density at radius 2 is 1.81 bits per heavy atom. The van der Waals surface area contributed by atoms with E-state index in [1.807, 2.05) is 36.7 Å². The molecule has 0 N–H and O–H groups in total. The molecule has 0 fully saturated rings. The first-order valence-electron chi connectivity index (χ1n) is 6.70. The summed E-state index contributed by atoms with van der Waals surface area (Å²) in [6, 6.07) is 16.2. The predicted molar refractivity (Wildman–Crippen MR) is 89.7 cm³/mol. The molecule has 0 amide bonds. The number of imidazole rings is 1. The van der Waals surface area contributed by atoms with Crippen LogP contribution in [0.3, 0.4) is 0 Å². The molecule has 1 heterocycles. The lowest BCUT2D eigenvalue weighted by atomic mass is 10.1. The minimum Gasteiger partial charge on any atom is -0.330 e.